The van der Waals surface area contributed by atoms with E-state index in [1.54, 1.807) is 13.8 Å². The van der Waals surface area contributed by atoms with E-state index in [0.717, 1.165) is 69.2 Å². The molecule has 0 spiro atoms. The van der Waals surface area contributed by atoms with Gasteiger partial charge in [-0.05, 0) is 150 Å². The van der Waals surface area contributed by atoms with Crippen LogP contribution in [0.2, 0.25) is 0 Å². The molecule has 0 aliphatic heterocycles. The number of hydrogen-bond donors (Lipinski definition) is 2. The Labute approximate surface area is 301 Å². The lowest BCUT2D eigenvalue weighted by Crippen LogP contribution is -2.67. The largest absolute Gasteiger partial charge is 0.481 e. The number of carbonyl (C=O) groups is 3. The average Bonchev–Trinajstić information content (AvgIpc) is 3.43. The molecule has 2 N–H and O–H groups in total. The number of fused-ring (bicyclic) bond motifs is 7. The molecule has 5 aliphatic carbocycles. The highest BCUT2D eigenvalue weighted by Crippen LogP contribution is 2.77. The van der Waals surface area contributed by atoms with E-state index in [1.807, 2.05) is 25.1 Å². The highest BCUT2D eigenvalue weighted by atomic mass is 16.5. The second-order valence-corrected chi connectivity index (χ2v) is 19.5. The Bertz CT molecular complexity index is 1550. The minimum atomic E-state index is -1.15. The van der Waals surface area contributed by atoms with Crippen LogP contribution in [0.3, 0.4) is 0 Å². The summed E-state index contributed by atoms with van der Waals surface area (Å²) in [5, 5.41) is 13.0. The number of aryl methyl sites for hydroxylation is 1. The van der Waals surface area contributed by atoms with Gasteiger partial charge >= 0.3 is 11.9 Å². The Morgan fingerprint density at radius 2 is 1.66 bits per heavy atom. The topological polar surface area (TPSA) is 106 Å². The molecule has 0 radical (unpaired) electrons. The first-order valence-corrected chi connectivity index (χ1v) is 19.5. The smallest absolute Gasteiger partial charge is 0.309 e. The van der Waals surface area contributed by atoms with Gasteiger partial charge < -0.3 is 15.2 Å². The summed E-state index contributed by atoms with van der Waals surface area (Å²) in [7, 11) is 0. The van der Waals surface area contributed by atoms with Crippen molar-refractivity contribution in [1.82, 2.24) is 10.3 Å². The second-order valence-electron chi connectivity index (χ2n) is 19.5. The molecule has 5 aliphatic rings. The Morgan fingerprint density at radius 1 is 0.940 bits per heavy atom. The normalized spacial score (nSPS) is 40.3. The molecule has 5 fully saturated rings. The highest BCUT2D eigenvalue weighted by molar-refractivity contribution is 5.84. The van der Waals surface area contributed by atoms with Crippen molar-refractivity contribution in [1.29, 1.82) is 0 Å². The first-order valence-electron chi connectivity index (χ1n) is 19.5. The first-order chi connectivity index (χ1) is 23.2. The van der Waals surface area contributed by atoms with Crippen LogP contribution in [-0.4, -0.2) is 34.0 Å². The van der Waals surface area contributed by atoms with Crippen LogP contribution in [-0.2, 0) is 25.7 Å². The molecule has 50 heavy (non-hydrogen) atoms. The summed E-state index contributed by atoms with van der Waals surface area (Å²) in [6.07, 6.45) is 10.0. The molecule has 1 amide bonds. The van der Waals surface area contributed by atoms with E-state index >= 15 is 0 Å². The lowest BCUT2D eigenvalue weighted by molar-refractivity contribution is -0.249. The van der Waals surface area contributed by atoms with Crippen LogP contribution in [0, 0.1) is 69.0 Å². The fourth-order valence-electron chi connectivity index (χ4n) is 13.4. The van der Waals surface area contributed by atoms with Crippen LogP contribution in [0.25, 0.3) is 0 Å². The number of amides is 1. The third-order valence-electron chi connectivity index (χ3n) is 16.3. The van der Waals surface area contributed by atoms with Crippen LogP contribution < -0.4 is 5.32 Å². The van der Waals surface area contributed by atoms with Gasteiger partial charge in [-0.1, -0.05) is 52.8 Å². The Balaban J connectivity index is 1.25. The van der Waals surface area contributed by atoms with Crippen LogP contribution in [0.1, 0.15) is 137 Å². The third kappa shape index (κ3) is 5.57. The van der Waals surface area contributed by atoms with Crippen LogP contribution in [0.15, 0.2) is 30.4 Å². The summed E-state index contributed by atoms with van der Waals surface area (Å²) < 4.78 is 6.17. The van der Waals surface area contributed by atoms with E-state index < -0.39 is 17.4 Å². The summed E-state index contributed by atoms with van der Waals surface area (Å²) >= 11 is 0. The van der Waals surface area contributed by atoms with Crippen molar-refractivity contribution in [3.63, 3.8) is 0 Å². The van der Waals surface area contributed by atoms with E-state index in [2.05, 4.69) is 58.4 Å². The minimum absolute atomic E-state index is 0.115. The molecule has 0 bridgehead atoms. The summed E-state index contributed by atoms with van der Waals surface area (Å²) in [6, 6.07) is 6.01. The van der Waals surface area contributed by atoms with Gasteiger partial charge in [-0.15, -0.1) is 0 Å². The minimum Gasteiger partial charge on any atom is -0.481 e. The Kier molecular flexibility index (Phi) is 9.24. The number of allylic oxidation sites excluding steroid dienone is 1. The predicted octanol–water partition coefficient (Wildman–Crippen LogP) is 9.08. The summed E-state index contributed by atoms with van der Waals surface area (Å²) in [6.45, 7) is 24.7. The zero-order valence-corrected chi connectivity index (χ0v) is 32.4. The third-order valence-corrected chi connectivity index (χ3v) is 16.3. The quantitative estimate of drug-likeness (QED) is 0.209. The summed E-state index contributed by atoms with van der Waals surface area (Å²) in [5.41, 5.74) is 1.77. The Hall–Kier alpha value is -2.70. The summed E-state index contributed by atoms with van der Waals surface area (Å²) in [4.78, 5) is 43.9. The first kappa shape index (κ1) is 37.1. The van der Waals surface area contributed by atoms with E-state index in [1.165, 1.54) is 12.0 Å². The molecular weight excluding hydrogens is 624 g/mol. The zero-order valence-electron chi connectivity index (χ0n) is 32.4. The number of ether oxygens (including phenoxy) is 1. The number of carbonyl (C=O) groups excluding carboxylic acids is 2. The number of aromatic nitrogens is 1. The van der Waals surface area contributed by atoms with Crippen LogP contribution >= 0.6 is 0 Å². The lowest BCUT2D eigenvalue weighted by atomic mass is 9.32. The van der Waals surface area contributed by atoms with E-state index in [0.29, 0.717) is 36.1 Å². The van der Waals surface area contributed by atoms with E-state index in [-0.39, 0.29) is 45.5 Å². The maximum atomic E-state index is 14.5. The number of carboxylic acids is 1. The molecule has 7 heteroatoms. The number of pyridine rings is 1. The molecule has 10 atom stereocenters. The number of hydrogen-bond acceptors (Lipinski definition) is 5. The molecule has 276 valence electrons. The molecule has 1 aromatic heterocycles. The average molecular weight is 689 g/mol. The van der Waals surface area contributed by atoms with Crippen molar-refractivity contribution >= 4 is 17.8 Å². The number of rotatable bonds is 8. The summed E-state index contributed by atoms with van der Waals surface area (Å²) in [5.74, 6) is 0.933. The molecule has 0 unspecified atom stereocenters. The fraction of sp³-hybridized carbons (Fsp3) is 0.767. The fourth-order valence-corrected chi connectivity index (χ4v) is 13.4. The molecule has 7 nitrogen and oxygen atoms in total. The highest BCUT2D eigenvalue weighted by Gasteiger charge is 2.72. The van der Waals surface area contributed by atoms with Gasteiger partial charge in [-0.25, -0.2) is 0 Å². The van der Waals surface area contributed by atoms with Gasteiger partial charge in [0.15, 0.2) is 0 Å². The molecule has 1 aromatic rings. The number of nitrogens with zero attached hydrogens (tertiary/aromatic N) is 1. The number of esters is 1. The molecule has 0 saturated heterocycles. The monoisotopic (exact) mass is 688 g/mol. The van der Waals surface area contributed by atoms with Crippen molar-refractivity contribution in [3.8, 4) is 0 Å². The van der Waals surface area contributed by atoms with Gasteiger partial charge in [0.2, 0.25) is 5.91 Å². The number of carboxylic acid groups (broad SMARTS) is 1. The number of aliphatic carboxylic acids is 1. The molecule has 6 rings (SSSR count). The van der Waals surface area contributed by atoms with Crippen molar-refractivity contribution in [2.75, 3.05) is 0 Å². The van der Waals surface area contributed by atoms with Crippen molar-refractivity contribution < 1.29 is 24.2 Å². The molecular formula is C43H64N2O5. The van der Waals surface area contributed by atoms with Gasteiger partial charge in [0.05, 0.1) is 29.5 Å². The molecule has 0 aromatic carbocycles. The van der Waals surface area contributed by atoms with Gasteiger partial charge in [-0.3, -0.25) is 19.4 Å². The maximum Gasteiger partial charge on any atom is 0.309 e. The SMILES string of the molecule is C=C(C)[C@@H]1CC[C@]2(C(=O)NCc3cccc(C)n3)CC[C@]3(C)[C@H](CC[C@@H]4[C@@]5(C)CC[C@H](OC(=O)CC(C)(C)C(=O)O)C(C)(C)[C@@H]5CC[C@]43C)[C@@H]12. The second kappa shape index (κ2) is 12.5. The standard InChI is InChI=1S/C43H64N2O5/c1-26(2)29-16-21-43(36(47)44-25-28-13-11-12-27(3)45-28)23-22-41(9)30(35(29)43)14-15-32-40(8)19-18-33(50-34(46)24-38(4,5)37(48)49)39(6,7)31(40)17-20-42(32,41)10/h11-13,29-33,35H,1,14-25H2,2-10H3,(H,44,47)(H,48,49)/t29-,30+,31-,32+,33-,35+,40-,41+,42+,43-/m0/s1. The predicted molar refractivity (Wildman–Crippen MR) is 196 cm³/mol. The zero-order chi connectivity index (χ0) is 36.7. The number of nitrogens with one attached hydrogen (secondary N) is 1. The van der Waals surface area contributed by atoms with Crippen LogP contribution in [0.5, 0.6) is 0 Å². The molecule has 5 saturated carbocycles. The van der Waals surface area contributed by atoms with Gasteiger partial charge in [0.25, 0.3) is 0 Å². The maximum absolute atomic E-state index is 14.5. The van der Waals surface area contributed by atoms with Crippen molar-refractivity contribution in [3.05, 3.63) is 41.7 Å². The lowest BCUT2D eigenvalue weighted by Gasteiger charge is -2.72. The Morgan fingerprint density at radius 3 is 2.32 bits per heavy atom. The molecule has 1 heterocycles. The van der Waals surface area contributed by atoms with Gasteiger partial charge in [-0.2, -0.15) is 0 Å². The van der Waals surface area contributed by atoms with E-state index in [9.17, 15) is 19.5 Å². The van der Waals surface area contributed by atoms with Gasteiger partial charge in [0.1, 0.15) is 6.10 Å². The van der Waals surface area contributed by atoms with Gasteiger partial charge in [0, 0.05) is 11.1 Å². The van der Waals surface area contributed by atoms with Crippen LogP contribution in [0.4, 0.5) is 0 Å². The van der Waals surface area contributed by atoms with E-state index in [4.69, 9.17) is 4.74 Å². The van der Waals surface area contributed by atoms with Crippen molar-refractivity contribution in [2.24, 2.45) is 62.1 Å². The van der Waals surface area contributed by atoms with Crippen molar-refractivity contribution in [2.45, 2.75) is 146 Å².